The molecule has 1 aliphatic rings. The van der Waals surface area contributed by atoms with Crippen molar-refractivity contribution in [3.8, 4) is 0 Å². The summed E-state index contributed by atoms with van der Waals surface area (Å²) < 4.78 is 24.4. The molecule has 0 radical (unpaired) electrons. The molecule has 0 amide bonds. The molecule has 1 heterocycles. The third-order valence-corrected chi connectivity index (χ3v) is 2.45. The van der Waals surface area contributed by atoms with E-state index in [4.69, 9.17) is 9.47 Å². The van der Waals surface area contributed by atoms with E-state index in [9.17, 15) is 4.39 Å². The first kappa shape index (κ1) is 9.62. The Labute approximate surface area is 82.6 Å². The highest BCUT2D eigenvalue weighted by Gasteiger charge is 2.35. The molecule has 1 aliphatic heterocycles. The number of ether oxygens (including phenoxy) is 2. The Morgan fingerprint density at radius 2 is 1.93 bits per heavy atom. The second kappa shape index (κ2) is 3.33. The number of rotatable bonds is 1. The van der Waals surface area contributed by atoms with E-state index in [1.165, 1.54) is 6.07 Å². The highest BCUT2D eigenvalue weighted by molar-refractivity contribution is 5.27. The Balaban J connectivity index is 2.40. The van der Waals surface area contributed by atoms with Crippen LogP contribution < -0.4 is 0 Å². The van der Waals surface area contributed by atoms with Crippen LogP contribution in [0.25, 0.3) is 0 Å². The van der Waals surface area contributed by atoms with Gasteiger partial charge in [-0.3, -0.25) is 0 Å². The average Bonchev–Trinajstić information content (AvgIpc) is 2.52. The molecule has 2 nitrogen and oxygen atoms in total. The normalized spacial score (nSPS) is 19.9. The summed E-state index contributed by atoms with van der Waals surface area (Å²) in [5.74, 6) is -1.17. The summed E-state index contributed by atoms with van der Waals surface area (Å²) in [6.45, 7) is 4.63. The lowest BCUT2D eigenvalue weighted by Gasteiger charge is -2.23. The zero-order chi connectivity index (χ0) is 10.2. The molecule has 3 heteroatoms. The van der Waals surface area contributed by atoms with E-state index in [1.54, 1.807) is 13.0 Å². The molecule has 1 aromatic carbocycles. The summed E-state index contributed by atoms with van der Waals surface area (Å²) in [5.41, 5.74) is 1.37. The van der Waals surface area contributed by atoms with Crippen molar-refractivity contribution >= 4 is 0 Å². The van der Waals surface area contributed by atoms with Gasteiger partial charge in [0.2, 0.25) is 0 Å². The molecule has 76 valence electrons. The molecule has 1 saturated heterocycles. The van der Waals surface area contributed by atoms with Crippen molar-refractivity contribution in [2.24, 2.45) is 0 Å². The van der Waals surface area contributed by atoms with Gasteiger partial charge >= 0.3 is 0 Å². The van der Waals surface area contributed by atoms with Gasteiger partial charge in [0.25, 0.3) is 0 Å². The first-order chi connectivity index (χ1) is 6.62. The van der Waals surface area contributed by atoms with Crippen molar-refractivity contribution in [1.82, 2.24) is 0 Å². The van der Waals surface area contributed by atoms with Crippen LogP contribution in [0.3, 0.4) is 0 Å². The first-order valence-corrected chi connectivity index (χ1v) is 4.66. The largest absolute Gasteiger partial charge is 0.344 e. The van der Waals surface area contributed by atoms with Crippen LogP contribution in [0.5, 0.6) is 0 Å². The molecule has 0 atom stereocenters. The summed E-state index contributed by atoms with van der Waals surface area (Å²) in [6, 6.07) is 5.07. The standard InChI is InChI=1S/C11H13FO2/c1-8-3-4-9(10(12)7-8)11(2)13-5-6-14-11/h3-4,7H,5-6H2,1-2H3. The van der Waals surface area contributed by atoms with Gasteiger partial charge in [0, 0.05) is 5.56 Å². The first-order valence-electron chi connectivity index (χ1n) is 4.66. The highest BCUT2D eigenvalue weighted by Crippen LogP contribution is 2.32. The van der Waals surface area contributed by atoms with Gasteiger partial charge in [0.15, 0.2) is 5.79 Å². The summed E-state index contributed by atoms with van der Waals surface area (Å²) in [7, 11) is 0. The molecular formula is C11H13FO2. The molecule has 0 N–H and O–H groups in total. The topological polar surface area (TPSA) is 18.5 Å². The van der Waals surface area contributed by atoms with Gasteiger partial charge in [0.05, 0.1) is 13.2 Å². The summed E-state index contributed by atoms with van der Waals surface area (Å²) in [5, 5.41) is 0. The fourth-order valence-corrected chi connectivity index (χ4v) is 1.66. The molecule has 0 aliphatic carbocycles. The number of halogens is 1. The third-order valence-electron chi connectivity index (χ3n) is 2.45. The van der Waals surface area contributed by atoms with Crippen LogP contribution in [0.15, 0.2) is 18.2 Å². The van der Waals surface area contributed by atoms with Crippen molar-refractivity contribution in [2.75, 3.05) is 13.2 Å². The second-order valence-electron chi connectivity index (χ2n) is 3.63. The van der Waals surface area contributed by atoms with Crippen LogP contribution in [0.4, 0.5) is 4.39 Å². The van der Waals surface area contributed by atoms with Crippen molar-refractivity contribution in [3.63, 3.8) is 0 Å². The Kier molecular flexibility index (Phi) is 2.29. The van der Waals surface area contributed by atoms with Crippen molar-refractivity contribution < 1.29 is 13.9 Å². The van der Waals surface area contributed by atoms with E-state index < -0.39 is 5.79 Å². The maximum absolute atomic E-state index is 13.6. The van der Waals surface area contributed by atoms with Crippen LogP contribution in [-0.4, -0.2) is 13.2 Å². The summed E-state index contributed by atoms with van der Waals surface area (Å²) >= 11 is 0. The van der Waals surface area contributed by atoms with Gasteiger partial charge in [0.1, 0.15) is 5.82 Å². The number of hydrogen-bond acceptors (Lipinski definition) is 2. The van der Waals surface area contributed by atoms with Gasteiger partial charge in [-0.15, -0.1) is 0 Å². The molecule has 0 saturated carbocycles. The Morgan fingerprint density at radius 3 is 2.50 bits per heavy atom. The lowest BCUT2D eigenvalue weighted by Crippen LogP contribution is -2.23. The minimum atomic E-state index is -0.905. The van der Waals surface area contributed by atoms with Crippen LogP contribution >= 0.6 is 0 Å². The minimum absolute atomic E-state index is 0.269. The van der Waals surface area contributed by atoms with Crippen LogP contribution in [-0.2, 0) is 15.3 Å². The lowest BCUT2D eigenvalue weighted by molar-refractivity contribution is -0.151. The molecule has 0 bridgehead atoms. The Morgan fingerprint density at radius 1 is 1.29 bits per heavy atom. The van der Waals surface area contributed by atoms with Gasteiger partial charge in [-0.05, 0) is 25.5 Å². The van der Waals surface area contributed by atoms with E-state index in [1.807, 2.05) is 13.0 Å². The van der Waals surface area contributed by atoms with Crippen molar-refractivity contribution in [3.05, 3.63) is 35.1 Å². The van der Waals surface area contributed by atoms with E-state index >= 15 is 0 Å². The molecule has 0 aromatic heterocycles. The molecule has 0 spiro atoms. The maximum atomic E-state index is 13.6. The van der Waals surface area contributed by atoms with E-state index in [-0.39, 0.29) is 5.82 Å². The number of hydrogen-bond donors (Lipinski definition) is 0. The summed E-state index contributed by atoms with van der Waals surface area (Å²) in [4.78, 5) is 0. The van der Waals surface area contributed by atoms with Crippen LogP contribution in [0.2, 0.25) is 0 Å². The van der Waals surface area contributed by atoms with Crippen molar-refractivity contribution in [1.29, 1.82) is 0 Å². The third kappa shape index (κ3) is 1.53. The van der Waals surface area contributed by atoms with Crippen LogP contribution in [0, 0.1) is 12.7 Å². The molecule has 2 rings (SSSR count). The zero-order valence-electron chi connectivity index (χ0n) is 8.34. The fraction of sp³-hybridized carbons (Fsp3) is 0.455. The fourth-order valence-electron chi connectivity index (χ4n) is 1.66. The van der Waals surface area contributed by atoms with Gasteiger partial charge < -0.3 is 9.47 Å². The molecule has 14 heavy (non-hydrogen) atoms. The SMILES string of the molecule is Cc1ccc(C2(C)OCCO2)c(F)c1. The number of benzene rings is 1. The quantitative estimate of drug-likeness (QED) is 0.686. The van der Waals surface area contributed by atoms with E-state index in [0.717, 1.165) is 5.56 Å². The maximum Gasteiger partial charge on any atom is 0.194 e. The Hall–Kier alpha value is -0.930. The molecular weight excluding hydrogens is 183 g/mol. The molecule has 0 unspecified atom stereocenters. The van der Waals surface area contributed by atoms with Gasteiger partial charge in [-0.2, -0.15) is 0 Å². The van der Waals surface area contributed by atoms with E-state index in [2.05, 4.69) is 0 Å². The van der Waals surface area contributed by atoms with E-state index in [0.29, 0.717) is 18.8 Å². The number of aryl methyl sites for hydroxylation is 1. The average molecular weight is 196 g/mol. The zero-order valence-corrected chi connectivity index (χ0v) is 8.34. The van der Waals surface area contributed by atoms with Crippen molar-refractivity contribution in [2.45, 2.75) is 19.6 Å². The molecule has 1 fully saturated rings. The lowest BCUT2D eigenvalue weighted by atomic mass is 10.0. The summed E-state index contributed by atoms with van der Waals surface area (Å²) in [6.07, 6.45) is 0. The van der Waals surface area contributed by atoms with Gasteiger partial charge in [-0.25, -0.2) is 4.39 Å². The van der Waals surface area contributed by atoms with Gasteiger partial charge in [-0.1, -0.05) is 12.1 Å². The molecule has 1 aromatic rings. The Bertz CT molecular complexity index is 343. The highest BCUT2D eigenvalue weighted by atomic mass is 19.1. The van der Waals surface area contributed by atoms with Crippen LogP contribution in [0.1, 0.15) is 18.1 Å². The predicted molar refractivity (Wildman–Crippen MR) is 50.4 cm³/mol. The smallest absolute Gasteiger partial charge is 0.194 e. The second-order valence-corrected chi connectivity index (χ2v) is 3.63. The minimum Gasteiger partial charge on any atom is -0.344 e. The monoisotopic (exact) mass is 196 g/mol. The predicted octanol–water partition coefficient (Wildman–Crippen LogP) is 2.35.